The zero-order chi connectivity index (χ0) is 19.8. The van der Waals surface area contributed by atoms with Gasteiger partial charge in [0.25, 0.3) is 0 Å². The number of aromatic nitrogens is 2. The van der Waals surface area contributed by atoms with E-state index in [0.29, 0.717) is 35.0 Å². The van der Waals surface area contributed by atoms with E-state index in [-0.39, 0.29) is 17.8 Å². The van der Waals surface area contributed by atoms with Crippen LogP contribution in [0.2, 0.25) is 10.0 Å². The first-order valence-corrected chi connectivity index (χ1v) is 10.0. The Bertz CT molecular complexity index is 1130. The van der Waals surface area contributed by atoms with Gasteiger partial charge in [-0.05, 0) is 61.6 Å². The fourth-order valence-electron chi connectivity index (χ4n) is 3.99. The van der Waals surface area contributed by atoms with Crippen LogP contribution in [0.15, 0.2) is 41.2 Å². The van der Waals surface area contributed by atoms with Crippen molar-refractivity contribution in [3.05, 3.63) is 68.1 Å². The Morgan fingerprint density at radius 2 is 1.79 bits per heavy atom. The zero-order valence-electron chi connectivity index (χ0n) is 15.1. The Labute approximate surface area is 172 Å². The van der Waals surface area contributed by atoms with Gasteiger partial charge in [-0.2, -0.15) is 5.26 Å². The van der Waals surface area contributed by atoms with Crippen LogP contribution in [0.5, 0.6) is 0 Å². The Morgan fingerprint density at radius 3 is 2.46 bits per heavy atom. The van der Waals surface area contributed by atoms with E-state index in [4.69, 9.17) is 23.2 Å². The molecular formula is C21H19Cl2N3O2. The summed E-state index contributed by atoms with van der Waals surface area (Å²) in [6, 6.07) is 12.8. The van der Waals surface area contributed by atoms with Gasteiger partial charge < -0.3 is 5.11 Å². The summed E-state index contributed by atoms with van der Waals surface area (Å²) in [5.41, 5.74) is 2.79. The number of benzene rings is 2. The van der Waals surface area contributed by atoms with E-state index in [2.05, 4.69) is 6.07 Å². The minimum absolute atomic E-state index is 0.0430. The number of nitriles is 1. The number of hydrogen-bond acceptors (Lipinski definition) is 3. The topological polar surface area (TPSA) is 71.0 Å². The van der Waals surface area contributed by atoms with Gasteiger partial charge in [0.1, 0.15) is 0 Å². The van der Waals surface area contributed by atoms with Crippen LogP contribution < -0.4 is 5.69 Å². The molecule has 1 aliphatic carbocycles. The lowest BCUT2D eigenvalue weighted by molar-refractivity contribution is 0.110. The maximum absolute atomic E-state index is 13.3. The molecule has 5 nitrogen and oxygen atoms in total. The summed E-state index contributed by atoms with van der Waals surface area (Å²) < 4.78 is 3.50. The number of halogens is 2. The molecule has 0 spiro atoms. The number of rotatable bonds is 3. The van der Waals surface area contributed by atoms with Crippen molar-refractivity contribution in [1.29, 1.82) is 5.26 Å². The molecule has 0 saturated heterocycles. The normalized spacial score (nSPS) is 19.6. The van der Waals surface area contributed by atoms with Gasteiger partial charge in [0.2, 0.25) is 0 Å². The van der Waals surface area contributed by atoms with Gasteiger partial charge in [-0.3, -0.25) is 9.13 Å². The van der Waals surface area contributed by atoms with Crippen molar-refractivity contribution in [2.24, 2.45) is 0 Å². The molecule has 7 heteroatoms. The van der Waals surface area contributed by atoms with Gasteiger partial charge in [0.05, 0.1) is 45.4 Å². The second-order valence-electron chi connectivity index (χ2n) is 7.26. The Balaban J connectivity index is 1.84. The fraction of sp³-hybridized carbons (Fsp3) is 0.333. The smallest absolute Gasteiger partial charge is 0.329 e. The SMILES string of the molecule is N#Cc1ccc2c(c1)n(Cc1ccc(Cl)c(Cl)c1)c(=O)n2[C@H]1CC[C@H](O)CC1. The van der Waals surface area contributed by atoms with E-state index in [9.17, 15) is 15.2 Å². The molecule has 0 atom stereocenters. The van der Waals surface area contributed by atoms with E-state index >= 15 is 0 Å². The summed E-state index contributed by atoms with van der Waals surface area (Å²) in [5, 5.41) is 20.0. The molecule has 4 rings (SSSR count). The number of aliphatic hydroxyl groups excluding tert-OH is 1. The predicted octanol–water partition coefficient (Wildman–Crippen LogP) is 4.51. The molecule has 28 heavy (non-hydrogen) atoms. The Hall–Kier alpha value is -2.26. The highest BCUT2D eigenvalue weighted by molar-refractivity contribution is 6.42. The van der Waals surface area contributed by atoms with Crippen LogP contribution in [0.1, 0.15) is 42.9 Å². The minimum atomic E-state index is -0.290. The van der Waals surface area contributed by atoms with Crippen LogP contribution in [0.3, 0.4) is 0 Å². The first kappa shape index (κ1) is 19.1. The van der Waals surface area contributed by atoms with Crippen molar-refractivity contribution < 1.29 is 5.11 Å². The quantitative estimate of drug-likeness (QED) is 0.683. The molecule has 1 aromatic heterocycles. The van der Waals surface area contributed by atoms with Gasteiger partial charge >= 0.3 is 5.69 Å². The van der Waals surface area contributed by atoms with Crippen LogP contribution >= 0.6 is 23.2 Å². The first-order valence-electron chi connectivity index (χ1n) is 9.25. The molecular weight excluding hydrogens is 397 g/mol. The molecule has 1 heterocycles. The average Bonchev–Trinajstić information content (AvgIpc) is 2.96. The second kappa shape index (κ2) is 7.63. The second-order valence-corrected chi connectivity index (χ2v) is 8.08. The van der Waals surface area contributed by atoms with E-state index in [1.54, 1.807) is 28.8 Å². The highest BCUT2D eigenvalue weighted by Gasteiger charge is 2.25. The van der Waals surface area contributed by atoms with Crippen LogP contribution in [-0.2, 0) is 6.54 Å². The Kier molecular flexibility index (Phi) is 5.20. The third-order valence-corrected chi connectivity index (χ3v) is 6.19. The standard InChI is InChI=1S/C21H19Cl2N3O2/c22-17-7-1-14(9-18(17)23)12-25-20-10-13(11-24)2-8-19(20)26(21(25)28)15-3-5-16(27)6-4-15/h1-2,7-10,15-16,27H,3-6,12H2/t15-,16-. The lowest BCUT2D eigenvalue weighted by atomic mass is 9.93. The molecule has 1 fully saturated rings. The number of imidazole rings is 1. The van der Waals surface area contributed by atoms with Crippen molar-refractivity contribution in [2.45, 2.75) is 44.4 Å². The molecule has 0 amide bonds. The maximum Gasteiger partial charge on any atom is 0.329 e. The molecule has 0 unspecified atom stereocenters. The largest absolute Gasteiger partial charge is 0.393 e. The van der Waals surface area contributed by atoms with Gasteiger partial charge in [-0.1, -0.05) is 29.3 Å². The predicted molar refractivity (Wildman–Crippen MR) is 110 cm³/mol. The van der Waals surface area contributed by atoms with E-state index in [0.717, 1.165) is 29.4 Å². The number of hydrogen-bond donors (Lipinski definition) is 1. The average molecular weight is 416 g/mol. The van der Waals surface area contributed by atoms with E-state index < -0.39 is 0 Å². The molecule has 144 valence electrons. The fourth-order valence-corrected chi connectivity index (χ4v) is 4.31. The molecule has 3 aromatic rings. The lowest BCUT2D eigenvalue weighted by Gasteiger charge is -2.26. The summed E-state index contributed by atoms with van der Waals surface area (Å²) in [6.07, 6.45) is 2.60. The van der Waals surface area contributed by atoms with E-state index in [1.165, 1.54) is 0 Å². The molecule has 0 radical (unpaired) electrons. The summed E-state index contributed by atoms with van der Waals surface area (Å²) >= 11 is 12.1. The van der Waals surface area contributed by atoms with Crippen LogP contribution in [0.4, 0.5) is 0 Å². The van der Waals surface area contributed by atoms with Gasteiger partial charge in [0, 0.05) is 6.04 Å². The van der Waals surface area contributed by atoms with Crippen LogP contribution in [-0.4, -0.2) is 20.3 Å². The summed E-state index contributed by atoms with van der Waals surface area (Å²) in [7, 11) is 0. The first-order chi connectivity index (χ1) is 13.5. The van der Waals surface area contributed by atoms with Crippen LogP contribution in [0.25, 0.3) is 11.0 Å². The molecule has 2 aromatic carbocycles. The van der Waals surface area contributed by atoms with Gasteiger partial charge in [-0.15, -0.1) is 0 Å². The molecule has 1 saturated carbocycles. The van der Waals surface area contributed by atoms with E-state index in [1.807, 2.05) is 16.7 Å². The summed E-state index contributed by atoms with van der Waals surface area (Å²) in [6.45, 7) is 0.337. The van der Waals surface area contributed by atoms with Gasteiger partial charge in [-0.25, -0.2) is 4.79 Å². The minimum Gasteiger partial charge on any atom is -0.393 e. The Morgan fingerprint density at radius 1 is 1.04 bits per heavy atom. The van der Waals surface area contributed by atoms with Crippen LogP contribution in [0, 0.1) is 11.3 Å². The van der Waals surface area contributed by atoms with Crippen molar-refractivity contribution in [3.63, 3.8) is 0 Å². The maximum atomic E-state index is 13.3. The highest BCUT2D eigenvalue weighted by atomic mass is 35.5. The summed E-state index contributed by atoms with van der Waals surface area (Å²) in [5.74, 6) is 0. The van der Waals surface area contributed by atoms with Crippen molar-refractivity contribution in [1.82, 2.24) is 9.13 Å². The zero-order valence-corrected chi connectivity index (χ0v) is 16.6. The third-order valence-electron chi connectivity index (χ3n) is 5.45. The molecule has 1 N–H and O–H groups in total. The number of nitrogens with zero attached hydrogens (tertiary/aromatic N) is 3. The number of aliphatic hydroxyl groups is 1. The molecule has 1 aliphatic rings. The van der Waals surface area contributed by atoms with Crippen molar-refractivity contribution in [3.8, 4) is 6.07 Å². The summed E-state index contributed by atoms with van der Waals surface area (Å²) in [4.78, 5) is 13.3. The molecule has 0 aliphatic heterocycles. The monoisotopic (exact) mass is 415 g/mol. The van der Waals surface area contributed by atoms with Crippen molar-refractivity contribution in [2.75, 3.05) is 0 Å². The number of fused-ring (bicyclic) bond motifs is 1. The molecule has 0 bridgehead atoms. The third kappa shape index (κ3) is 3.44. The van der Waals surface area contributed by atoms with Gasteiger partial charge in [0.15, 0.2) is 0 Å². The van der Waals surface area contributed by atoms with Crippen molar-refractivity contribution >= 4 is 34.2 Å². The lowest BCUT2D eigenvalue weighted by Crippen LogP contribution is -2.31. The highest BCUT2D eigenvalue weighted by Crippen LogP contribution is 2.31.